The fourth-order valence-electron chi connectivity index (χ4n) is 3.65. The summed E-state index contributed by atoms with van der Waals surface area (Å²) in [5, 5.41) is 4.20. The Bertz CT molecular complexity index is 1070. The van der Waals surface area contributed by atoms with Crippen LogP contribution in [0.2, 0.25) is 5.02 Å². The number of anilines is 2. The van der Waals surface area contributed by atoms with E-state index in [9.17, 15) is 4.79 Å². The molecular formula is C25H25ClN2O. The van der Waals surface area contributed by atoms with Gasteiger partial charge in [-0.05, 0) is 53.3 Å². The van der Waals surface area contributed by atoms with Crippen LogP contribution in [0.25, 0.3) is 0 Å². The van der Waals surface area contributed by atoms with E-state index in [-0.39, 0.29) is 17.5 Å². The Morgan fingerprint density at radius 1 is 0.966 bits per heavy atom. The van der Waals surface area contributed by atoms with Gasteiger partial charge in [0.25, 0.3) is 5.91 Å². The van der Waals surface area contributed by atoms with Crippen LogP contribution in [-0.2, 0) is 5.41 Å². The van der Waals surface area contributed by atoms with Crippen molar-refractivity contribution < 1.29 is 4.79 Å². The van der Waals surface area contributed by atoms with Gasteiger partial charge in [-0.2, -0.15) is 0 Å². The highest BCUT2D eigenvalue weighted by atomic mass is 35.5. The summed E-state index contributed by atoms with van der Waals surface area (Å²) in [5.41, 5.74) is 5.62. The van der Waals surface area contributed by atoms with Gasteiger partial charge in [-0.1, -0.05) is 74.8 Å². The molecule has 1 atom stereocenters. The van der Waals surface area contributed by atoms with Crippen LogP contribution in [0.15, 0.2) is 66.7 Å². The van der Waals surface area contributed by atoms with Gasteiger partial charge in [0, 0.05) is 16.4 Å². The van der Waals surface area contributed by atoms with Gasteiger partial charge in [0.2, 0.25) is 0 Å². The summed E-state index contributed by atoms with van der Waals surface area (Å²) in [4.78, 5) is 15.3. The van der Waals surface area contributed by atoms with Crippen molar-refractivity contribution in [2.75, 3.05) is 10.2 Å². The minimum absolute atomic E-state index is 0.0378. The minimum atomic E-state index is -0.315. The zero-order chi connectivity index (χ0) is 20.8. The number of carbonyl (C=O) groups is 1. The molecule has 29 heavy (non-hydrogen) atoms. The van der Waals surface area contributed by atoms with Gasteiger partial charge in [0.15, 0.2) is 0 Å². The maximum atomic E-state index is 13.5. The van der Waals surface area contributed by atoms with Crippen molar-refractivity contribution in [2.24, 2.45) is 0 Å². The van der Waals surface area contributed by atoms with Gasteiger partial charge in [0.1, 0.15) is 6.17 Å². The average molecular weight is 405 g/mol. The van der Waals surface area contributed by atoms with Crippen molar-refractivity contribution in [3.63, 3.8) is 0 Å². The number of rotatable bonds is 2. The van der Waals surface area contributed by atoms with Crippen LogP contribution in [0, 0.1) is 6.92 Å². The molecule has 1 N–H and O–H groups in total. The molecule has 1 heterocycles. The van der Waals surface area contributed by atoms with Gasteiger partial charge in [-0.25, -0.2) is 0 Å². The number of amides is 1. The normalized spacial score (nSPS) is 16.4. The molecule has 0 saturated carbocycles. The number of hydrogen-bond acceptors (Lipinski definition) is 2. The largest absolute Gasteiger partial charge is 0.360 e. The molecule has 0 aromatic heterocycles. The van der Waals surface area contributed by atoms with E-state index in [1.165, 1.54) is 5.56 Å². The zero-order valence-electron chi connectivity index (χ0n) is 17.2. The molecule has 3 aromatic carbocycles. The molecule has 4 rings (SSSR count). The highest BCUT2D eigenvalue weighted by molar-refractivity contribution is 6.31. The number of fused-ring (bicyclic) bond motifs is 1. The van der Waals surface area contributed by atoms with Gasteiger partial charge >= 0.3 is 0 Å². The van der Waals surface area contributed by atoms with Crippen LogP contribution >= 0.6 is 11.6 Å². The standard InChI is InChI=1S/C25H25ClN2O/c1-16-9-14-19(15-21(16)26)28-23(17-10-12-18(13-11-17)25(2,3)4)27-22-8-6-5-7-20(22)24(28)29/h5-15,23,27H,1-4H3. The second kappa shape index (κ2) is 7.23. The third-order valence-electron chi connectivity index (χ3n) is 5.45. The van der Waals surface area contributed by atoms with Crippen molar-refractivity contribution in [2.45, 2.75) is 39.3 Å². The summed E-state index contributed by atoms with van der Waals surface area (Å²) >= 11 is 6.39. The van der Waals surface area contributed by atoms with Gasteiger partial charge in [-0.3, -0.25) is 9.69 Å². The molecule has 0 bridgehead atoms. The predicted octanol–water partition coefficient (Wildman–Crippen LogP) is 6.72. The van der Waals surface area contributed by atoms with Crippen molar-refractivity contribution >= 4 is 28.9 Å². The van der Waals surface area contributed by atoms with Crippen LogP contribution in [0.5, 0.6) is 0 Å². The van der Waals surface area contributed by atoms with Crippen LogP contribution in [-0.4, -0.2) is 5.91 Å². The number of nitrogens with one attached hydrogen (secondary N) is 1. The molecule has 148 valence electrons. The second-order valence-electron chi connectivity index (χ2n) is 8.57. The summed E-state index contributed by atoms with van der Waals surface area (Å²) in [6.07, 6.45) is -0.315. The van der Waals surface area contributed by atoms with Crippen molar-refractivity contribution in [1.29, 1.82) is 0 Å². The summed E-state index contributed by atoms with van der Waals surface area (Å²) in [6.45, 7) is 8.55. The summed E-state index contributed by atoms with van der Waals surface area (Å²) in [5.74, 6) is -0.0378. The van der Waals surface area contributed by atoms with Crippen molar-refractivity contribution in [1.82, 2.24) is 0 Å². The number of nitrogens with zero attached hydrogens (tertiary/aromatic N) is 1. The molecule has 0 saturated heterocycles. The fraction of sp³-hybridized carbons (Fsp3) is 0.240. The highest BCUT2D eigenvalue weighted by Crippen LogP contribution is 2.38. The van der Waals surface area contributed by atoms with Crippen LogP contribution in [0.3, 0.4) is 0 Å². The van der Waals surface area contributed by atoms with Crippen LogP contribution in [0.4, 0.5) is 11.4 Å². The van der Waals surface area contributed by atoms with Gasteiger partial charge in [0.05, 0.1) is 5.56 Å². The molecule has 1 aliphatic rings. The smallest absolute Gasteiger partial charge is 0.262 e. The molecule has 0 aliphatic carbocycles. The lowest BCUT2D eigenvalue weighted by molar-refractivity contribution is 0.0975. The Morgan fingerprint density at radius 3 is 2.31 bits per heavy atom. The monoisotopic (exact) mass is 404 g/mol. The van der Waals surface area contributed by atoms with E-state index in [2.05, 4.69) is 50.4 Å². The molecule has 0 radical (unpaired) electrons. The van der Waals surface area contributed by atoms with Crippen molar-refractivity contribution in [3.8, 4) is 0 Å². The third kappa shape index (κ3) is 3.63. The topological polar surface area (TPSA) is 32.3 Å². The first-order chi connectivity index (χ1) is 13.8. The first-order valence-corrected chi connectivity index (χ1v) is 10.2. The van der Waals surface area contributed by atoms with Crippen LogP contribution in [0.1, 0.15) is 54.0 Å². The lowest BCUT2D eigenvalue weighted by Crippen LogP contribution is -2.43. The fourth-order valence-corrected chi connectivity index (χ4v) is 3.82. The Kier molecular flexibility index (Phi) is 4.87. The third-order valence-corrected chi connectivity index (χ3v) is 5.86. The number of halogens is 1. The first-order valence-electron chi connectivity index (χ1n) is 9.81. The Labute approximate surface area is 177 Å². The maximum absolute atomic E-state index is 13.5. The quantitative estimate of drug-likeness (QED) is 0.514. The molecule has 1 amide bonds. The Balaban J connectivity index is 1.82. The molecule has 1 aliphatic heterocycles. The van der Waals surface area contributed by atoms with E-state index in [0.29, 0.717) is 10.6 Å². The lowest BCUT2D eigenvalue weighted by atomic mass is 9.86. The van der Waals surface area contributed by atoms with E-state index in [1.54, 1.807) is 4.90 Å². The number of aryl methyl sites for hydroxylation is 1. The number of hydrogen-bond donors (Lipinski definition) is 1. The zero-order valence-corrected chi connectivity index (χ0v) is 17.9. The van der Waals surface area contributed by atoms with Crippen LogP contribution < -0.4 is 10.2 Å². The van der Waals surface area contributed by atoms with E-state index in [4.69, 9.17) is 11.6 Å². The first kappa shape index (κ1) is 19.5. The lowest BCUT2D eigenvalue weighted by Gasteiger charge is -2.38. The maximum Gasteiger partial charge on any atom is 0.262 e. The number of para-hydroxylation sites is 1. The number of carbonyl (C=O) groups excluding carboxylic acids is 1. The highest BCUT2D eigenvalue weighted by Gasteiger charge is 2.34. The molecule has 3 nitrogen and oxygen atoms in total. The van der Waals surface area contributed by atoms with E-state index in [0.717, 1.165) is 22.5 Å². The second-order valence-corrected chi connectivity index (χ2v) is 8.98. The molecular weight excluding hydrogens is 380 g/mol. The number of benzene rings is 3. The Morgan fingerprint density at radius 2 is 1.66 bits per heavy atom. The van der Waals surface area contributed by atoms with Gasteiger partial charge in [-0.15, -0.1) is 0 Å². The predicted molar refractivity (Wildman–Crippen MR) is 121 cm³/mol. The molecule has 1 unspecified atom stereocenters. The summed E-state index contributed by atoms with van der Waals surface area (Å²) < 4.78 is 0. The Hall–Kier alpha value is -2.78. The minimum Gasteiger partial charge on any atom is -0.360 e. The van der Waals surface area contributed by atoms with E-state index >= 15 is 0 Å². The van der Waals surface area contributed by atoms with E-state index < -0.39 is 0 Å². The summed E-state index contributed by atoms with van der Waals surface area (Å²) in [6, 6.07) is 21.9. The van der Waals surface area contributed by atoms with Crippen molar-refractivity contribution in [3.05, 3.63) is 94.0 Å². The average Bonchev–Trinajstić information content (AvgIpc) is 2.70. The van der Waals surface area contributed by atoms with E-state index in [1.807, 2.05) is 49.4 Å². The summed E-state index contributed by atoms with van der Waals surface area (Å²) in [7, 11) is 0. The molecule has 3 aromatic rings. The molecule has 0 spiro atoms. The molecule has 4 heteroatoms. The molecule has 0 fully saturated rings. The SMILES string of the molecule is Cc1ccc(N2C(=O)c3ccccc3NC2c2ccc(C(C)(C)C)cc2)cc1Cl. The van der Waals surface area contributed by atoms with Gasteiger partial charge < -0.3 is 5.32 Å².